The van der Waals surface area contributed by atoms with Gasteiger partial charge in [-0.05, 0) is 76.2 Å². The van der Waals surface area contributed by atoms with E-state index in [-0.39, 0.29) is 18.5 Å². The molecule has 0 spiro atoms. The summed E-state index contributed by atoms with van der Waals surface area (Å²) in [6.07, 6.45) is 7.89. The quantitative estimate of drug-likeness (QED) is 0.378. The zero-order valence-electron chi connectivity index (χ0n) is 22.7. The molecule has 9 heteroatoms. The summed E-state index contributed by atoms with van der Waals surface area (Å²) in [6.45, 7) is 11.3. The van der Waals surface area contributed by atoms with Crippen molar-refractivity contribution in [2.45, 2.75) is 76.7 Å². The number of benzene rings is 1. The van der Waals surface area contributed by atoms with Gasteiger partial charge in [-0.25, -0.2) is 13.2 Å². The predicted octanol–water partition coefficient (Wildman–Crippen LogP) is 3.56. The third-order valence-corrected chi connectivity index (χ3v) is 7.90. The minimum Gasteiger partial charge on any atom is -0.341 e. The smallest absolute Gasteiger partial charge is 0.317 e. The average Bonchev–Trinajstić information content (AvgIpc) is 3.02. The molecule has 1 saturated heterocycles. The maximum absolute atomic E-state index is 12.7. The zero-order valence-corrected chi connectivity index (χ0v) is 23.5. The molecule has 1 N–H and O–H groups in total. The van der Waals surface area contributed by atoms with Gasteiger partial charge in [-0.2, -0.15) is 0 Å². The van der Waals surface area contributed by atoms with Crippen molar-refractivity contribution in [3.05, 3.63) is 29.8 Å². The van der Waals surface area contributed by atoms with Crippen LogP contribution >= 0.6 is 0 Å². The third kappa shape index (κ3) is 10.1. The fourth-order valence-corrected chi connectivity index (χ4v) is 5.24. The SMILES string of the molecule is CCCCNC(=O)N1CCCN(CCCCN(CCC)C(C)Cc2ccc(S(C)(=O)=O)cc2)C(=O)C1. The van der Waals surface area contributed by atoms with Crippen LogP contribution in [0.2, 0.25) is 0 Å². The first-order chi connectivity index (χ1) is 17.2. The lowest BCUT2D eigenvalue weighted by Gasteiger charge is -2.29. The molecule has 1 aliphatic rings. The molecule has 0 saturated carbocycles. The molecule has 36 heavy (non-hydrogen) atoms. The summed E-state index contributed by atoms with van der Waals surface area (Å²) < 4.78 is 23.4. The molecule has 8 nitrogen and oxygen atoms in total. The first-order valence-corrected chi connectivity index (χ1v) is 15.4. The van der Waals surface area contributed by atoms with Crippen LogP contribution in [-0.4, -0.2) is 93.2 Å². The van der Waals surface area contributed by atoms with Crippen molar-refractivity contribution < 1.29 is 18.0 Å². The van der Waals surface area contributed by atoms with E-state index in [9.17, 15) is 18.0 Å². The van der Waals surface area contributed by atoms with Gasteiger partial charge in [0.2, 0.25) is 5.91 Å². The van der Waals surface area contributed by atoms with Crippen molar-refractivity contribution in [1.29, 1.82) is 0 Å². The van der Waals surface area contributed by atoms with Crippen LogP contribution in [-0.2, 0) is 21.1 Å². The van der Waals surface area contributed by atoms with Gasteiger partial charge in [-0.3, -0.25) is 4.79 Å². The Bertz CT molecular complexity index is 920. The summed E-state index contributed by atoms with van der Waals surface area (Å²) in [5.41, 5.74) is 1.13. The fraction of sp³-hybridized carbons (Fsp3) is 0.704. The first-order valence-electron chi connectivity index (χ1n) is 13.5. The number of hydrogen-bond donors (Lipinski definition) is 1. The number of amides is 3. The Labute approximate surface area is 218 Å². The second-order valence-electron chi connectivity index (χ2n) is 9.95. The Hall–Kier alpha value is -2.13. The van der Waals surface area contributed by atoms with Crippen LogP contribution < -0.4 is 5.32 Å². The molecule has 1 aromatic rings. The fourth-order valence-electron chi connectivity index (χ4n) is 4.61. The molecule has 204 valence electrons. The Balaban J connectivity index is 1.79. The number of rotatable bonds is 14. The molecule has 0 aromatic heterocycles. The van der Waals surface area contributed by atoms with E-state index in [2.05, 4.69) is 31.0 Å². The molecule has 1 unspecified atom stereocenters. The Morgan fingerprint density at radius 2 is 1.78 bits per heavy atom. The van der Waals surface area contributed by atoms with Crippen LogP contribution in [0, 0.1) is 0 Å². The molecule has 3 amide bonds. The summed E-state index contributed by atoms with van der Waals surface area (Å²) in [6, 6.07) is 7.42. The minimum atomic E-state index is -3.18. The van der Waals surface area contributed by atoms with Gasteiger partial charge in [0.25, 0.3) is 0 Å². The number of hydrogen-bond acceptors (Lipinski definition) is 5. The number of nitrogens with zero attached hydrogens (tertiary/aromatic N) is 3. The highest BCUT2D eigenvalue weighted by molar-refractivity contribution is 7.90. The number of unbranched alkanes of at least 4 members (excludes halogenated alkanes) is 2. The molecule has 0 bridgehead atoms. The lowest BCUT2D eigenvalue weighted by Crippen LogP contribution is -2.44. The standard InChI is InChI=1S/C27H46N4O4S/c1-5-7-15-28-27(33)31-20-10-19-30(26(32)22-31)18-9-8-17-29(16-6-2)23(3)21-24-11-13-25(14-12-24)36(4,34)35/h11-14,23H,5-10,15-22H2,1-4H3,(H,28,33). The molecule has 2 rings (SSSR count). The van der Waals surface area contributed by atoms with Gasteiger partial charge in [0.1, 0.15) is 6.54 Å². The van der Waals surface area contributed by atoms with E-state index in [0.29, 0.717) is 30.6 Å². The normalized spacial score (nSPS) is 15.8. The second-order valence-corrected chi connectivity index (χ2v) is 12.0. The molecule has 1 aliphatic heterocycles. The molecule has 1 fully saturated rings. The number of carbonyl (C=O) groups excluding carboxylic acids is 2. The van der Waals surface area contributed by atoms with E-state index in [0.717, 1.165) is 70.1 Å². The Morgan fingerprint density at radius 1 is 1.06 bits per heavy atom. The Kier molecular flexibility index (Phi) is 12.7. The molecule has 0 aliphatic carbocycles. The molecular formula is C27H46N4O4S. The topological polar surface area (TPSA) is 90.0 Å². The zero-order chi connectivity index (χ0) is 26.6. The van der Waals surface area contributed by atoms with Gasteiger partial charge < -0.3 is 20.0 Å². The van der Waals surface area contributed by atoms with Gasteiger partial charge in [0.15, 0.2) is 9.84 Å². The summed E-state index contributed by atoms with van der Waals surface area (Å²) in [4.78, 5) is 31.5. The molecule has 1 aromatic carbocycles. The van der Waals surface area contributed by atoms with Crippen molar-refractivity contribution >= 4 is 21.8 Å². The van der Waals surface area contributed by atoms with Gasteiger partial charge in [-0.1, -0.05) is 32.4 Å². The highest BCUT2D eigenvalue weighted by Gasteiger charge is 2.24. The van der Waals surface area contributed by atoms with Crippen LogP contribution in [0.25, 0.3) is 0 Å². The van der Waals surface area contributed by atoms with Gasteiger partial charge in [0, 0.05) is 38.5 Å². The van der Waals surface area contributed by atoms with Crippen molar-refractivity contribution in [1.82, 2.24) is 20.0 Å². The number of sulfone groups is 1. The van der Waals surface area contributed by atoms with Crippen LogP contribution in [0.3, 0.4) is 0 Å². The van der Waals surface area contributed by atoms with Crippen molar-refractivity contribution in [2.24, 2.45) is 0 Å². The highest BCUT2D eigenvalue weighted by atomic mass is 32.2. The number of carbonyl (C=O) groups is 2. The number of urea groups is 1. The van der Waals surface area contributed by atoms with E-state index < -0.39 is 9.84 Å². The van der Waals surface area contributed by atoms with Gasteiger partial charge in [-0.15, -0.1) is 0 Å². The van der Waals surface area contributed by atoms with E-state index in [1.54, 1.807) is 17.0 Å². The summed E-state index contributed by atoms with van der Waals surface area (Å²) >= 11 is 0. The molecule has 1 atom stereocenters. The van der Waals surface area contributed by atoms with Crippen molar-refractivity contribution in [2.75, 3.05) is 52.1 Å². The Morgan fingerprint density at radius 3 is 2.42 bits per heavy atom. The van der Waals surface area contributed by atoms with Crippen molar-refractivity contribution in [3.63, 3.8) is 0 Å². The minimum absolute atomic E-state index is 0.0365. The third-order valence-electron chi connectivity index (χ3n) is 6.77. The van der Waals surface area contributed by atoms with Crippen molar-refractivity contribution in [3.8, 4) is 0 Å². The van der Waals surface area contributed by atoms with Crippen LogP contribution in [0.5, 0.6) is 0 Å². The van der Waals surface area contributed by atoms with Crippen LogP contribution in [0.4, 0.5) is 4.79 Å². The largest absolute Gasteiger partial charge is 0.341 e. The maximum atomic E-state index is 12.7. The monoisotopic (exact) mass is 522 g/mol. The van der Waals surface area contributed by atoms with E-state index >= 15 is 0 Å². The summed E-state index contributed by atoms with van der Waals surface area (Å²) in [5.74, 6) is 0.0365. The average molecular weight is 523 g/mol. The van der Waals surface area contributed by atoms with Gasteiger partial charge >= 0.3 is 6.03 Å². The van der Waals surface area contributed by atoms with Crippen LogP contribution in [0.15, 0.2) is 29.2 Å². The molecule has 0 radical (unpaired) electrons. The first kappa shape index (κ1) is 30.1. The lowest BCUT2D eigenvalue weighted by molar-refractivity contribution is -0.130. The highest BCUT2D eigenvalue weighted by Crippen LogP contribution is 2.15. The summed E-state index contributed by atoms with van der Waals surface area (Å²) in [5, 5.41) is 2.91. The lowest BCUT2D eigenvalue weighted by atomic mass is 10.1. The van der Waals surface area contributed by atoms with E-state index in [4.69, 9.17) is 0 Å². The molecular weight excluding hydrogens is 476 g/mol. The molecule has 1 heterocycles. The second kappa shape index (κ2) is 15.2. The van der Waals surface area contributed by atoms with Gasteiger partial charge in [0.05, 0.1) is 4.90 Å². The summed E-state index contributed by atoms with van der Waals surface area (Å²) in [7, 11) is -3.18. The van der Waals surface area contributed by atoms with E-state index in [1.165, 1.54) is 6.26 Å². The maximum Gasteiger partial charge on any atom is 0.317 e. The number of nitrogens with one attached hydrogen (secondary N) is 1. The predicted molar refractivity (Wildman–Crippen MR) is 145 cm³/mol. The van der Waals surface area contributed by atoms with E-state index in [1.807, 2.05) is 17.0 Å². The van der Waals surface area contributed by atoms with Crippen LogP contribution in [0.1, 0.15) is 64.9 Å².